The first-order valence-corrected chi connectivity index (χ1v) is 7.79. The Morgan fingerprint density at radius 2 is 1.61 bits per heavy atom. The van der Waals surface area contributed by atoms with Crippen molar-refractivity contribution in [1.29, 1.82) is 0 Å². The Hall–Kier alpha value is -0.590. The van der Waals surface area contributed by atoms with Crippen molar-refractivity contribution in [3.63, 3.8) is 0 Å². The summed E-state index contributed by atoms with van der Waals surface area (Å²) in [6, 6.07) is 0. The summed E-state index contributed by atoms with van der Waals surface area (Å²) in [4.78, 5) is 4.74. The Morgan fingerprint density at radius 1 is 1.00 bits per heavy atom. The van der Waals surface area contributed by atoms with Crippen molar-refractivity contribution in [3.05, 3.63) is 11.8 Å². The summed E-state index contributed by atoms with van der Waals surface area (Å²) in [5.41, 5.74) is 1.69. The summed E-state index contributed by atoms with van der Waals surface area (Å²) in [7, 11) is 0. The quantitative estimate of drug-likeness (QED) is 0.591. The van der Waals surface area contributed by atoms with Gasteiger partial charge in [-0.05, 0) is 30.6 Å². The van der Waals surface area contributed by atoms with E-state index in [-0.39, 0.29) is 0 Å². The Labute approximate surface area is 113 Å². The predicted octanol–water partition coefficient (Wildman–Crippen LogP) is 5.37. The predicted molar refractivity (Wildman–Crippen MR) is 79.9 cm³/mol. The molecule has 0 radical (unpaired) electrons. The van der Waals surface area contributed by atoms with Crippen LogP contribution in [0.5, 0.6) is 0 Å². The molecule has 1 saturated carbocycles. The lowest BCUT2D eigenvalue weighted by Gasteiger charge is -2.27. The molecule has 0 bridgehead atoms. The third-order valence-electron chi connectivity index (χ3n) is 4.17. The van der Waals surface area contributed by atoms with Crippen LogP contribution in [-0.2, 0) is 0 Å². The first-order chi connectivity index (χ1) is 8.54. The average Bonchev–Trinajstić information content (AvgIpc) is 2.38. The van der Waals surface area contributed by atoms with Crippen LogP contribution in [0.1, 0.15) is 72.1 Å². The van der Waals surface area contributed by atoms with Gasteiger partial charge in [-0.2, -0.15) is 0 Å². The summed E-state index contributed by atoms with van der Waals surface area (Å²) in [6.45, 7) is 6.91. The molecule has 1 aliphatic heterocycles. The summed E-state index contributed by atoms with van der Waals surface area (Å²) in [6.07, 6.45) is 15.7. The summed E-state index contributed by atoms with van der Waals surface area (Å²) in [5.74, 6) is 1.50. The Morgan fingerprint density at radius 3 is 2.28 bits per heavy atom. The maximum absolute atomic E-state index is 4.74. The second-order valence-corrected chi connectivity index (χ2v) is 7.35. The van der Waals surface area contributed by atoms with E-state index in [0.717, 1.165) is 18.3 Å². The van der Waals surface area contributed by atoms with Gasteiger partial charge in [-0.1, -0.05) is 59.0 Å². The molecule has 0 aromatic carbocycles. The van der Waals surface area contributed by atoms with Gasteiger partial charge in [0, 0.05) is 17.8 Å². The SMILES string of the molecule is CC(C)(C)CC1=CC2CCCCCCCC2C=N1. The van der Waals surface area contributed by atoms with E-state index in [1.165, 1.54) is 50.6 Å². The highest BCUT2D eigenvalue weighted by Gasteiger charge is 2.24. The van der Waals surface area contributed by atoms with Gasteiger partial charge in [-0.3, -0.25) is 4.99 Å². The minimum absolute atomic E-state index is 0.356. The maximum atomic E-state index is 4.74. The zero-order valence-corrected chi connectivity index (χ0v) is 12.4. The first kappa shape index (κ1) is 13.8. The van der Waals surface area contributed by atoms with Gasteiger partial charge >= 0.3 is 0 Å². The van der Waals surface area contributed by atoms with Gasteiger partial charge in [0.15, 0.2) is 0 Å². The summed E-state index contributed by atoms with van der Waals surface area (Å²) >= 11 is 0. The number of aliphatic imine (C=N–C) groups is 1. The fourth-order valence-corrected chi connectivity index (χ4v) is 3.24. The minimum atomic E-state index is 0.356. The molecular weight excluding hydrogens is 218 g/mol. The van der Waals surface area contributed by atoms with Crippen LogP contribution < -0.4 is 0 Å². The number of hydrogen-bond donors (Lipinski definition) is 0. The molecule has 1 heterocycles. The number of fused-ring (bicyclic) bond motifs is 1. The topological polar surface area (TPSA) is 12.4 Å². The zero-order valence-electron chi connectivity index (χ0n) is 12.4. The molecule has 0 spiro atoms. The molecule has 0 saturated heterocycles. The van der Waals surface area contributed by atoms with Crippen LogP contribution in [0, 0.1) is 17.3 Å². The van der Waals surface area contributed by atoms with Gasteiger partial charge in [0.1, 0.15) is 0 Å². The average molecular weight is 247 g/mol. The molecule has 1 fully saturated rings. The molecule has 0 aromatic heterocycles. The van der Waals surface area contributed by atoms with Gasteiger partial charge in [0.05, 0.1) is 0 Å². The molecule has 1 heteroatoms. The zero-order chi connectivity index (χ0) is 13.0. The second kappa shape index (κ2) is 6.04. The van der Waals surface area contributed by atoms with E-state index in [2.05, 4.69) is 33.1 Å². The molecule has 1 aliphatic carbocycles. The Kier molecular flexibility index (Phi) is 4.64. The van der Waals surface area contributed by atoms with Crippen LogP contribution in [0.25, 0.3) is 0 Å². The van der Waals surface area contributed by atoms with E-state index in [9.17, 15) is 0 Å². The van der Waals surface area contributed by atoms with Crippen LogP contribution in [0.15, 0.2) is 16.8 Å². The highest BCUT2D eigenvalue weighted by molar-refractivity contribution is 5.64. The monoisotopic (exact) mass is 247 g/mol. The largest absolute Gasteiger partial charge is 0.266 e. The molecular formula is C17H29N. The van der Waals surface area contributed by atoms with E-state index >= 15 is 0 Å². The molecule has 18 heavy (non-hydrogen) atoms. The third-order valence-corrected chi connectivity index (χ3v) is 4.17. The number of nitrogens with zero attached hydrogens (tertiary/aromatic N) is 1. The van der Waals surface area contributed by atoms with Gasteiger partial charge in [0.2, 0.25) is 0 Å². The molecule has 0 aromatic rings. The van der Waals surface area contributed by atoms with E-state index < -0.39 is 0 Å². The van der Waals surface area contributed by atoms with E-state index in [0.29, 0.717) is 5.41 Å². The second-order valence-electron chi connectivity index (χ2n) is 7.35. The van der Waals surface area contributed by atoms with Crippen molar-refractivity contribution in [1.82, 2.24) is 0 Å². The number of hydrogen-bond acceptors (Lipinski definition) is 1. The normalized spacial score (nSPS) is 29.8. The molecule has 0 amide bonds. The molecule has 1 nitrogen and oxygen atoms in total. The molecule has 2 unspecified atom stereocenters. The van der Waals surface area contributed by atoms with Crippen molar-refractivity contribution in [2.24, 2.45) is 22.2 Å². The van der Waals surface area contributed by atoms with Crippen molar-refractivity contribution in [2.75, 3.05) is 0 Å². The molecule has 102 valence electrons. The van der Waals surface area contributed by atoms with E-state index in [1.54, 1.807) is 0 Å². The first-order valence-electron chi connectivity index (χ1n) is 7.79. The molecule has 2 atom stereocenters. The smallest absolute Gasteiger partial charge is 0.0368 e. The van der Waals surface area contributed by atoms with Crippen LogP contribution in [0.2, 0.25) is 0 Å². The highest BCUT2D eigenvalue weighted by atomic mass is 14.8. The lowest BCUT2D eigenvalue weighted by atomic mass is 9.81. The van der Waals surface area contributed by atoms with Crippen molar-refractivity contribution >= 4 is 6.21 Å². The van der Waals surface area contributed by atoms with Crippen LogP contribution in [0.3, 0.4) is 0 Å². The van der Waals surface area contributed by atoms with Crippen molar-refractivity contribution < 1.29 is 0 Å². The molecule has 2 rings (SSSR count). The highest BCUT2D eigenvalue weighted by Crippen LogP contribution is 2.34. The van der Waals surface area contributed by atoms with Crippen LogP contribution in [-0.4, -0.2) is 6.21 Å². The summed E-state index contributed by atoms with van der Waals surface area (Å²) in [5, 5.41) is 0. The lowest BCUT2D eigenvalue weighted by molar-refractivity contribution is 0.392. The van der Waals surface area contributed by atoms with E-state index in [1.807, 2.05) is 0 Å². The van der Waals surface area contributed by atoms with Gasteiger partial charge < -0.3 is 0 Å². The van der Waals surface area contributed by atoms with Crippen LogP contribution >= 0.6 is 0 Å². The molecule has 2 aliphatic rings. The summed E-state index contributed by atoms with van der Waals surface area (Å²) < 4.78 is 0. The van der Waals surface area contributed by atoms with Crippen molar-refractivity contribution in [2.45, 2.75) is 72.1 Å². The third kappa shape index (κ3) is 4.26. The van der Waals surface area contributed by atoms with Gasteiger partial charge in [-0.15, -0.1) is 0 Å². The Balaban J connectivity index is 2.02. The standard InChI is InChI=1S/C17H29N/c1-17(2,3)12-16-11-14-9-7-5-4-6-8-10-15(14)13-18-16/h11,13-15H,4-10,12H2,1-3H3. The van der Waals surface area contributed by atoms with Crippen molar-refractivity contribution in [3.8, 4) is 0 Å². The van der Waals surface area contributed by atoms with Gasteiger partial charge in [-0.25, -0.2) is 0 Å². The fraction of sp³-hybridized carbons (Fsp3) is 0.824. The Bertz CT molecular complexity index is 319. The minimum Gasteiger partial charge on any atom is -0.266 e. The van der Waals surface area contributed by atoms with Gasteiger partial charge in [0.25, 0.3) is 0 Å². The molecule has 0 N–H and O–H groups in total. The maximum Gasteiger partial charge on any atom is 0.0368 e. The van der Waals surface area contributed by atoms with E-state index in [4.69, 9.17) is 4.99 Å². The lowest BCUT2D eigenvalue weighted by Crippen LogP contribution is -2.19. The fourth-order valence-electron chi connectivity index (χ4n) is 3.24. The number of rotatable bonds is 1. The van der Waals surface area contributed by atoms with Crippen LogP contribution in [0.4, 0.5) is 0 Å². The number of allylic oxidation sites excluding steroid dienone is 2.